The molecule has 1 saturated heterocycles. The van der Waals surface area contributed by atoms with Gasteiger partial charge in [0, 0.05) is 13.5 Å². The number of carbonyl (C=O) groups is 2. The van der Waals surface area contributed by atoms with Gasteiger partial charge in [0.05, 0.1) is 10.6 Å². The Labute approximate surface area is 132 Å². The molecule has 1 aromatic heterocycles. The summed E-state index contributed by atoms with van der Waals surface area (Å²) in [6.07, 6.45) is -1.48. The van der Waals surface area contributed by atoms with Crippen LogP contribution < -0.4 is 4.90 Å². The number of ketones is 1. The molecule has 0 saturated carbocycles. The van der Waals surface area contributed by atoms with Gasteiger partial charge in [-0.15, -0.1) is 0 Å². The Hall–Kier alpha value is -1.51. The van der Waals surface area contributed by atoms with Crippen LogP contribution in [0, 0.1) is 11.8 Å². The molecule has 0 spiro atoms. The van der Waals surface area contributed by atoms with Crippen molar-refractivity contribution in [1.82, 2.24) is 9.88 Å². The van der Waals surface area contributed by atoms with Crippen molar-refractivity contribution in [1.29, 1.82) is 0 Å². The molecule has 1 fully saturated rings. The normalized spacial score (nSPS) is 28.7. The summed E-state index contributed by atoms with van der Waals surface area (Å²) in [7, 11) is 1.41. The average Bonchev–Trinajstić information content (AvgIpc) is 2.96. The minimum absolute atomic E-state index is 0.0405. The zero-order valence-corrected chi connectivity index (χ0v) is 13.5. The van der Waals surface area contributed by atoms with E-state index in [4.69, 9.17) is 0 Å². The van der Waals surface area contributed by atoms with Gasteiger partial charge in [-0.3, -0.25) is 9.69 Å². The Morgan fingerprint density at radius 1 is 1.23 bits per heavy atom. The third-order valence-corrected chi connectivity index (χ3v) is 5.57. The molecular weight excluding hydrogens is 306 g/mol. The number of rotatable bonds is 2. The topological polar surface area (TPSA) is 94.0 Å². The van der Waals surface area contributed by atoms with E-state index in [9.17, 15) is 19.8 Å². The van der Waals surface area contributed by atoms with Crippen LogP contribution in [0.3, 0.4) is 0 Å². The highest BCUT2D eigenvalue weighted by atomic mass is 32.1. The van der Waals surface area contributed by atoms with E-state index in [1.54, 1.807) is 0 Å². The molecule has 0 radical (unpaired) electrons. The lowest BCUT2D eigenvalue weighted by Gasteiger charge is -2.23. The number of likely N-dealkylation sites (N-methyl/N-ethyl adjacent to an activating group) is 1. The van der Waals surface area contributed by atoms with Gasteiger partial charge in [-0.05, 0) is 18.3 Å². The Kier molecular flexibility index (Phi) is 3.70. The standard InChI is InChI=1S/C14H19N3O4S/c1-6(2)7-4-8-10(9(18)5-7)22-13(15-8)17-12(20)11(19)16(3)14(17)21/h6-7,11-12,19-20H,4-5H2,1-3H3. The molecule has 1 aromatic rings. The first-order chi connectivity index (χ1) is 10.3. The molecular formula is C14H19N3O4S. The fourth-order valence-corrected chi connectivity index (χ4v) is 3.91. The Morgan fingerprint density at radius 2 is 1.91 bits per heavy atom. The summed E-state index contributed by atoms with van der Waals surface area (Å²) in [6, 6.07) is -0.529. The van der Waals surface area contributed by atoms with Crippen LogP contribution in [0.15, 0.2) is 0 Å². The van der Waals surface area contributed by atoms with Gasteiger partial charge in [0.15, 0.2) is 23.4 Å². The summed E-state index contributed by atoms with van der Waals surface area (Å²) >= 11 is 1.11. The highest BCUT2D eigenvalue weighted by Crippen LogP contribution is 2.38. The van der Waals surface area contributed by atoms with Crippen LogP contribution in [0.5, 0.6) is 0 Å². The van der Waals surface area contributed by atoms with E-state index in [-0.39, 0.29) is 16.8 Å². The summed E-state index contributed by atoms with van der Waals surface area (Å²) in [6.45, 7) is 4.16. The van der Waals surface area contributed by atoms with E-state index >= 15 is 0 Å². The second-order valence-corrected chi connectivity index (χ2v) is 7.18. The summed E-state index contributed by atoms with van der Waals surface area (Å²) in [5.41, 5.74) is 0.694. The van der Waals surface area contributed by atoms with Gasteiger partial charge in [0.1, 0.15) is 0 Å². The van der Waals surface area contributed by atoms with Gasteiger partial charge in [-0.2, -0.15) is 0 Å². The quantitative estimate of drug-likeness (QED) is 0.848. The minimum atomic E-state index is -1.37. The van der Waals surface area contributed by atoms with Crippen molar-refractivity contribution in [3.8, 4) is 0 Å². The molecule has 3 unspecified atom stereocenters. The summed E-state index contributed by atoms with van der Waals surface area (Å²) < 4.78 is 0. The Morgan fingerprint density at radius 3 is 2.45 bits per heavy atom. The highest BCUT2D eigenvalue weighted by molar-refractivity contribution is 7.17. The monoisotopic (exact) mass is 325 g/mol. The first-order valence-electron chi connectivity index (χ1n) is 7.26. The number of nitrogens with zero attached hydrogens (tertiary/aromatic N) is 3. The molecule has 2 N–H and O–H groups in total. The van der Waals surface area contributed by atoms with Gasteiger partial charge in [-0.25, -0.2) is 14.7 Å². The SMILES string of the molecule is CC(C)C1CC(=O)c2sc(N3C(=O)N(C)C(O)C3O)nc2C1. The molecule has 0 bridgehead atoms. The van der Waals surface area contributed by atoms with Crippen LogP contribution in [0.1, 0.15) is 35.6 Å². The number of hydrogen-bond donors (Lipinski definition) is 2. The van der Waals surface area contributed by atoms with Crippen molar-refractivity contribution in [3.63, 3.8) is 0 Å². The van der Waals surface area contributed by atoms with Crippen LogP contribution in [-0.4, -0.2) is 51.4 Å². The number of amides is 2. The van der Waals surface area contributed by atoms with E-state index < -0.39 is 18.5 Å². The highest BCUT2D eigenvalue weighted by Gasteiger charge is 2.45. The van der Waals surface area contributed by atoms with Gasteiger partial charge in [0.25, 0.3) is 0 Å². The zero-order valence-electron chi connectivity index (χ0n) is 12.7. The Bertz CT molecular complexity index is 630. The molecule has 2 aliphatic rings. The van der Waals surface area contributed by atoms with Crippen molar-refractivity contribution in [2.75, 3.05) is 11.9 Å². The smallest absolute Gasteiger partial charge is 0.330 e. The molecule has 2 heterocycles. The van der Waals surface area contributed by atoms with Crippen LogP contribution >= 0.6 is 11.3 Å². The van der Waals surface area contributed by atoms with E-state index in [0.29, 0.717) is 29.3 Å². The van der Waals surface area contributed by atoms with Crippen LogP contribution in [0.2, 0.25) is 0 Å². The number of urea groups is 1. The second-order valence-electron chi connectivity index (χ2n) is 6.20. The Balaban J connectivity index is 1.94. The maximum Gasteiger partial charge on any atom is 0.330 e. The van der Waals surface area contributed by atoms with Crippen molar-refractivity contribution in [2.45, 2.75) is 39.1 Å². The number of aliphatic hydroxyl groups excluding tert-OH is 2. The largest absolute Gasteiger partial charge is 0.369 e. The number of thiazole rings is 1. The van der Waals surface area contributed by atoms with E-state index in [1.165, 1.54) is 7.05 Å². The summed E-state index contributed by atoms with van der Waals surface area (Å²) in [4.78, 5) is 31.4. The lowest BCUT2D eigenvalue weighted by molar-refractivity contribution is -0.0182. The fourth-order valence-electron chi connectivity index (χ4n) is 2.85. The van der Waals surface area contributed by atoms with Crippen LogP contribution in [0.25, 0.3) is 0 Å². The number of Topliss-reactive ketones (excluding diaryl/α,β-unsaturated/α-hetero) is 1. The van der Waals surface area contributed by atoms with Crippen molar-refractivity contribution >= 4 is 28.3 Å². The predicted octanol–water partition coefficient (Wildman–Crippen LogP) is 1.05. The van der Waals surface area contributed by atoms with Crippen LogP contribution in [0.4, 0.5) is 9.93 Å². The molecule has 1 aliphatic carbocycles. The van der Waals surface area contributed by atoms with Gasteiger partial charge >= 0.3 is 6.03 Å². The number of aliphatic hydroxyl groups is 2. The molecule has 22 heavy (non-hydrogen) atoms. The van der Waals surface area contributed by atoms with Crippen molar-refractivity contribution < 1.29 is 19.8 Å². The fraction of sp³-hybridized carbons (Fsp3) is 0.643. The number of fused-ring (bicyclic) bond motifs is 1. The predicted molar refractivity (Wildman–Crippen MR) is 80.7 cm³/mol. The van der Waals surface area contributed by atoms with E-state index in [2.05, 4.69) is 18.8 Å². The van der Waals surface area contributed by atoms with Gasteiger partial charge < -0.3 is 10.2 Å². The van der Waals surface area contributed by atoms with E-state index in [0.717, 1.165) is 21.1 Å². The average molecular weight is 325 g/mol. The van der Waals surface area contributed by atoms with Crippen molar-refractivity contribution in [3.05, 3.63) is 10.6 Å². The van der Waals surface area contributed by atoms with Gasteiger partial charge in [-0.1, -0.05) is 25.2 Å². The minimum Gasteiger partial charge on any atom is -0.369 e. The number of aromatic nitrogens is 1. The molecule has 120 valence electrons. The molecule has 8 heteroatoms. The summed E-state index contributed by atoms with van der Waals surface area (Å²) in [5, 5.41) is 20.0. The van der Waals surface area contributed by atoms with E-state index in [1.807, 2.05) is 0 Å². The first kappa shape index (κ1) is 15.4. The third-order valence-electron chi connectivity index (χ3n) is 4.43. The lowest BCUT2D eigenvalue weighted by atomic mass is 9.82. The lowest BCUT2D eigenvalue weighted by Crippen LogP contribution is -2.36. The molecule has 3 rings (SSSR count). The molecule has 2 amide bonds. The third kappa shape index (κ3) is 2.22. The van der Waals surface area contributed by atoms with Crippen molar-refractivity contribution in [2.24, 2.45) is 11.8 Å². The number of anilines is 1. The number of carbonyl (C=O) groups excluding carboxylic acids is 2. The van der Waals surface area contributed by atoms with Gasteiger partial charge in [0.2, 0.25) is 0 Å². The molecule has 7 nitrogen and oxygen atoms in total. The van der Waals surface area contributed by atoms with Crippen LogP contribution in [-0.2, 0) is 6.42 Å². The number of hydrogen-bond acceptors (Lipinski definition) is 6. The maximum atomic E-state index is 12.3. The summed E-state index contributed by atoms with van der Waals surface area (Å²) in [5.74, 6) is 0.676. The zero-order chi connectivity index (χ0) is 16.2. The second kappa shape index (κ2) is 5.29. The molecule has 1 aliphatic heterocycles. The maximum absolute atomic E-state index is 12.3. The molecule has 0 aromatic carbocycles. The molecule has 3 atom stereocenters. The first-order valence-corrected chi connectivity index (χ1v) is 8.08.